The Labute approximate surface area is 186 Å². The Morgan fingerprint density at radius 2 is 1.72 bits per heavy atom. The Morgan fingerprint density at radius 1 is 1.03 bits per heavy atom. The van der Waals surface area contributed by atoms with Crippen LogP contribution in [0, 0.1) is 0 Å². The van der Waals surface area contributed by atoms with Crippen LogP contribution >= 0.6 is 0 Å². The monoisotopic (exact) mass is 459 g/mol. The van der Waals surface area contributed by atoms with E-state index < -0.39 is 33.7 Å². The van der Waals surface area contributed by atoms with Crippen LogP contribution < -0.4 is 14.8 Å². The van der Waals surface area contributed by atoms with Gasteiger partial charge in [0.1, 0.15) is 13.2 Å². The van der Waals surface area contributed by atoms with Gasteiger partial charge in [0.05, 0.1) is 16.0 Å². The molecular weight excluding hydrogens is 434 g/mol. The summed E-state index contributed by atoms with van der Waals surface area (Å²) in [6.45, 7) is 0.420. The van der Waals surface area contributed by atoms with Gasteiger partial charge in [-0.1, -0.05) is 31.0 Å². The van der Waals surface area contributed by atoms with E-state index in [1.807, 2.05) is 12.1 Å². The minimum Gasteiger partial charge on any atom is -0.486 e. The number of para-hydroxylation sites is 1. The fourth-order valence-electron chi connectivity index (χ4n) is 4.28. The van der Waals surface area contributed by atoms with Gasteiger partial charge in [-0.15, -0.1) is 0 Å². The Balaban J connectivity index is 1.47. The van der Waals surface area contributed by atoms with Crippen molar-refractivity contribution in [3.05, 3.63) is 48.0 Å². The second-order valence-electron chi connectivity index (χ2n) is 8.04. The Bertz CT molecular complexity index is 1140. The van der Waals surface area contributed by atoms with Gasteiger partial charge in [-0.25, -0.2) is 8.42 Å². The summed E-state index contributed by atoms with van der Waals surface area (Å²) in [5, 5.41) is 2.52. The summed E-state index contributed by atoms with van der Waals surface area (Å²) in [4.78, 5) is 25.6. The quantitative estimate of drug-likeness (QED) is 0.662. The van der Waals surface area contributed by atoms with E-state index in [4.69, 9.17) is 14.2 Å². The molecule has 2 aromatic carbocycles. The topological polar surface area (TPSA) is 108 Å². The van der Waals surface area contributed by atoms with Crippen molar-refractivity contribution in [2.75, 3.05) is 31.4 Å². The summed E-state index contributed by atoms with van der Waals surface area (Å²) in [5.74, 6) is 0.163. The molecule has 2 aliphatic rings. The first-order chi connectivity index (χ1) is 15.3. The van der Waals surface area contributed by atoms with E-state index in [-0.39, 0.29) is 10.6 Å². The molecule has 2 aromatic rings. The van der Waals surface area contributed by atoms with Crippen molar-refractivity contribution < 1.29 is 32.2 Å². The lowest BCUT2D eigenvalue weighted by Crippen LogP contribution is -2.36. The molecular formula is C23H25NO7S. The van der Waals surface area contributed by atoms with Gasteiger partial charge in [0.25, 0.3) is 5.91 Å². The maximum atomic E-state index is 13.1. The molecule has 0 aromatic heterocycles. The van der Waals surface area contributed by atoms with Crippen molar-refractivity contribution >= 4 is 27.4 Å². The molecule has 1 aliphatic carbocycles. The summed E-state index contributed by atoms with van der Waals surface area (Å²) >= 11 is 0. The zero-order chi connectivity index (χ0) is 22.8. The van der Waals surface area contributed by atoms with Crippen LogP contribution in [0.2, 0.25) is 0 Å². The average Bonchev–Trinajstić information content (AvgIpc) is 3.28. The molecule has 1 saturated carbocycles. The normalized spacial score (nSPS) is 16.9. The summed E-state index contributed by atoms with van der Waals surface area (Å²) in [6, 6.07) is 11.6. The number of ether oxygens (including phenoxy) is 3. The Hall–Kier alpha value is -3.07. The number of hydrogen-bond acceptors (Lipinski definition) is 7. The second-order valence-corrected chi connectivity index (χ2v) is 10.0. The largest absolute Gasteiger partial charge is 0.486 e. The number of fused-ring (bicyclic) bond motifs is 1. The predicted octanol–water partition coefficient (Wildman–Crippen LogP) is 2.86. The third-order valence-corrected chi connectivity index (χ3v) is 6.99. The molecule has 1 heterocycles. The first-order valence-corrected chi connectivity index (χ1v) is 12.3. The molecule has 1 amide bonds. The van der Waals surface area contributed by atoms with Crippen LogP contribution in [0.25, 0.3) is 0 Å². The van der Waals surface area contributed by atoms with Crippen LogP contribution in [0.1, 0.15) is 31.2 Å². The van der Waals surface area contributed by atoms with Gasteiger partial charge in [-0.2, -0.15) is 0 Å². The maximum absolute atomic E-state index is 13.1. The third-order valence-electron chi connectivity index (χ3n) is 5.84. The van der Waals surface area contributed by atoms with Crippen molar-refractivity contribution in [3.63, 3.8) is 0 Å². The Kier molecular flexibility index (Phi) is 6.10. The van der Waals surface area contributed by atoms with Crippen molar-refractivity contribution in [1.82, 2.24) is 0 Å². The van der Waals surface area contributed by atoms with Crippen LogP contribution in [0.5, 0.6) is 11.5 Å². The van der Waals surface area contributed by atoms with Crippen molar-refractivity contribution in [1.29, 1.82) is 0 Å². The number of anilines is 1. The molecule has 4 rings (SSSR count). The number of sulfone groups is 1. The average molecular weight is 460 g/mol. The van der Waals surface area contributed by atoms with Crippen LogP contribution in [-0.2, 0) is 29.6 Å². The van der Waals surface area contributed by atoms with Crippen molar-refractivity contribution in [3.8, 4) is 11.5 Å². The highest BCUT2D eigenvalue weighted by Gasteiger charge is 2.45. The molecule has 1 fully saturated rings. The first-order valence-electron chi connectivity index (χ1n) is 10.5. The molecule has 0 saturated heterocycles. The number of carbonyl (C=O) groups is 2. The van der Waals surface area contributed by atoms with E-state index in [1.54, 1.807) is 18.2 Å². The summed E-state index contributed by atoms with van der Waals surface area (Å²) in [7, 11) is -3.52. The van der Waals surface area contributed by atoms with Gasteiger partial charge in [-0.3, -0.25) is 9.59 Å². The van der Waals surface area contributed by atoms with Crippen LogP contribution in [0.3, 0.4) is 0 Å². The smallest absolute Gasteiger partial charge is 0.317 e. The highest BCUT2D eigenvalue weighted by molar-refractivity contribution is 7.90. The van der Waals surface area contributed by atoms with Gasteiger partial charge in [-0.05, 0) is 42.7 Å². The summed E-state index contributed by atoms with van der Waals surface area (Å²) in [6.07, 6.45) is 4.04. The SMILES string of the molecule is CS(=O)(=O)c1ccccc1NC(=O)COC(=O)C1(c2ccc3c(c2)OCCO3)CCCC1. The maximum Gasteiger partial charge on any atom is 0.317 e. The predicted molar refractivity (Wildman–Crippen MR) is 117 cm³/mol. The van der Waals surface area contributed by atoms with Gasteiger partial charge in [0.15, 0.2) is 27.9 Å². The molecule has 0 atom stereocenters. The van der Waals surface area contributed by atoms with E-state index in [9.17, 15) is 18.0 Å². The minimum absolute atomic E-state index is 0.00298. The summed E-state index contributed by atoms with van der Waals surface area (Å²) in [5.41, 5.74) is 0.0892. The number of esters is 1. The number of nitrogens with one attached hydrogen (secondary N) is 1. The molecule has 170 valence electrons. The number of benzene rings is 2. The zero-order valence-electron chi connectivity index (χ0n) is 17.8. The van der Waals surface area contributed by atoms with Crippen molar-refractivity contribution in [2.45, 2.75) is 36.0 Å². The number of amides is 1. The number of hydrogen-bond donors (Lipinski definition) is 1. The molecule has 9 heteroatoms. The van der Waals surface area contributed by atoms with Crippen LogP contribution in [0.4, 0.5) is 5.69 Å². The van der Waals surface area contributed by atoms with Gasteiger partial charge >= 0.3 is 5.97 Å². The minimum atomic E-state index is -3.52. The fraction of sp³-hybridized carbons (Fsp3) is 0.391. The molecule has 0 bridgehead atoms. The van der Waals surface area contributed by atoms with E-state index in [2.05, 4.69) is 5.32 Å². The number of carbonyl (C=O) groups excluding carboxylic acids is 2. The van der Waals surface area contributed by atoms with Crippen LogP contribution in [-0.4, -0.2) is 46.4 Å². The van der Waals surface area contributed by atoms with Gasteiger partial charge in [0.2, 0.25) is 0 Å². The molecule has 0 unspecified atom stereocenters. The zero-order valence-corrected chi connectivity index (χ0v) is 18.6. The standard InChI is InChI=1S/C23H25NO7S/c1-32(27,28)20-7-3-2-6-17(20)24-21(25)15-31-22(26)23(10-4-5-11-23)16-8-9-18-19(14-16)30-13-12-29-18/h2-3,6-9,14H,4-5,10-13,15H2,1H3,(H,24,25). The molecule has 0 radical (unpaired) electrons. The molecule has 1 N–H and O–H groups in total. The molecule has 32 heavy (non-hydrogen) atoms. The van der Waals surface area contributed by atoms with E-state index in [0.717, 1.165) is 24.7 Å². The second kappa shape index (κ2) is 8.82. The lowest BCUT2D eigenvalue weighted by molar-refractivity contribution is -0.153. The number of rotatable bonds is 6. The highest BCUT2D eigenvalue weighted by Crippen LogP contribution is 2.45. The van der Waals surface area contributed by atoms with Crippen LogP contribution in [0.15, 0.2) is 47.4 Å². The lowest BCUT2D eigenvalue weighted by atomic mass is 9.78. The third kappa shape index (κ3) is 4.43. The van der Waals surface area contributed by atoms with Gasteiger partial charge < -0.3 is 19.5 Å². The molecule has 0 spiro atoms. The summed E-state index contributed by atoms with van der Waals surface area (Å²) < 4.78 is 40.5. The van der Waals surface area contributed by atoms with Gasteiger partial charge in [0, 0.05) is 6.26 Å². The Morgan fingerprint density at radius 3 is 2.44 bits per heavy atom. The van der Waals surface area contributed by atoms with Crippen molar-refractivity contribution in [2.24, 2.45) is 0 Å². The molecule has 1 aliphatic heterocycles. The fourth-order valence-corrected chi connectivity index (χ4v) is 5.12. The van der Waals surface area contributed by atoms with E-state index in [1.165, 1.54) is 12.1 Å². The lowest BCUT2D eigenvalue weighted by Gasteiger charge is -2.28. The molecule has 8 nitrogen and oxygen atoms in total. The van der Waals surface area contributed by atoms with E-state index >= 15 is 0 Å². The van der Waals surface area contributed by atoms with E-state index in [0.29, 0.717) is 37.6 Å². The first kappa shape index (κ1) is 22.1. The highest BCUT2D eigenvalue weighted by atomic mass is 32.2.